The molecule has 0 saturated heterocycles. The summed E-state index contributed by atoms with van der Waals surface area (Å²) in [5.41, 5.74) is 3.56. The monoisotopic (exact) mass is 428 g/mol. The van der Waals surface area contributed by atoms with E-state index in [1.165, 1.54) is 17.2 Å². The minimum absolute atomic E-state index is 0.331. The average molecular weight is 429 g/mol. The first-order valence-electron chi connectivity index (χ1n) is 10.9. The molecule has 0 bridgehead atoms. The lowest BCUT2D eigenvalue weighted by Gasteiger charge is -2.10. The Hall–Kier alpha value is -3.66. The highest BCUT2D eigenvalue weighted by Gasteiger charge is 2.16. The molecule has 3 rings (SSSR count). The summed E-state index contributed by atoms with van der Waals surface area (Å²) in [6, 6.07) is 19.7. The van der Waals surface area contributed by atoms with Crippen molar-refractivity contribution in [2.24, 2.45) is 0 Å². The van der Waals surface area contributed by atoms with Crippen molar-refractivity contribution in [2.75, 3.05) is 0 Å². The van der Waals surface area contributed by atoms with E-state index < -0.39 is 11.9 Å². The maximum atomic E-state index is 12.7. The van der Waals surface area contributed by atoms with Crippen LogP contribution in [0.1, 0.15) is 64.1 Å². The number of hydrogen-bond donors (Lipinski definition) is 0. The Morgan fingerprint density at radius 1 is 0.750 bits per heavy atom. The number of aryl methyl sites for hydroxylation is 2. The molecule has 3 aromatic rings. The quantitative estimate of drug-likeness (QED) is 0.282. The van der Waals surface area contributed by atoms with E-state index in [0.29, 0.717) is 28.2 Å². The molecule has 4 nitrogen and oxygen atoms in total. The van der Waals surface area contributed by atoms with Crippen LogP contribution in [-0.2, 0) is 12.8 Å². The van der Waals surface area contributed by atoms with Gasteiger partial charge in [-0.05, 0) is 72.0 Å². The van der Waals surface area contributed by atoms with E-state index in [2.05, 4.69) is 20.4 Å². The number of benzene rings is 3. The second-order valence-corrected chi connectivity index (χ2v) is 7.57. The summed E-state index contributed by atoms with van der Waals surface area (Å²) in [5.74, 6) is -0.0535. The summed E-state index contributed by atoms with van der Waals surface area (Å²) < 4.78 is 11.0. The van der Waals surface area contributed by atoms with Crippen molar-refractivity contribution in [3.8, 4) is 11.5 Å². The molecule has 0 unspecified atom stereocenters. The smallest absolute Gasteiger partial charge is 0.344 e. The fraction of sp³-hybridized carbons (Fsp3) is 0.214. The van der Waals surface area contributed by atoms with Gasteiger partial charge in [0.15, 0.2) is 0 Å². The first-order valence-corrected chi connectivity index (χ1v) is 10.9. The molecule has 0 heterocycles. The van der Waals surface area contributed by atoms with E-state index in [0.717, 1.165) is 25.7 Å². The fourth-order valence-electron chi connectivity index (χ4n) is 3.40. The van der Waals surface area contributed by atoms with Gasteiger partial charge in [0.25, 0.3) is 0 Å². The van der Waals surface area contributed by atoms with Crippen LogP contribution in [0.4, 0.5) is 0 Å². The van der Waals surface area contributed by atoms with Crippen LogP contribution >= 0.6 is 0 Å². The van der Waals surface area contributed by atoms with Gasteiger partial charge in [-0.1, -0.05) is 63.6 Å². The Morgan fingerprint density at radius 2 is 1.25 bits per heavy atom. The van der Waals surface area contributed by atoms with Crippen LogP contribution in [0.3, 0.4) is 0 Å². The fourth-order valence-corrected chi connectivity index (χ4v) is 3.40. The molecule has 0 saturated carbocycles. The van der Waals surface area contributed by atoms with Crippen molar-refractivity contribution in [3.05, 3.63) is 101 Å². The van der Waals surface area contributed by atoms with Crippen LogP contribution in [0.25, 0.3) is 6.08 Å². The van der Waals surface area contributed by atoms with Gasteiger partial charge in [0.05, 0.1) is 11.1 Å². The van der Waals surface area contributed by atoms with Gasteiger partial charge in [0.2, 0.25) is 0 Å². The molecule has 0 atom stereocenters. The van der Waals surface area contributed by atoms with Gasteiger partial charge in [-0.2, -0.15) is 0 Å². The summed E-state index contributed by atoms with van der Waals surface area (Å²) in [4.78, 5) is 25.3. The molecular formula is C28H28O4. The summed E-state index contributed by atoms with van der Waals surface area (Å²) in [5, 5.41) is 0. The van der Waals surface area contributed by atoms with Crippen LogP contribution in [0.5, 0.6) is 11.5 Å². The predicted molar refractivity (Wildman–Crippen MR) is 127 cm³/mol. The molecule has 32 heavy (non-hydrogen) atoms. The van der Waals surface area contributed by atoms with Crippen molar-refractivity contribution >= 4 is 18.0 Å². The topological polar surface area (TPSA) is 52.6 Å². The Morgan fingerprint density at radius 3 is 1.72 bits per heavy atom. The molecule has 0 aromatic heterocycles. The summed E-state index contributed by atoms with van der Waals surface area (Å²) in [6.45, 7) is 8.00. The van der Waals surface area contributed by atoms with Crippen LogP contribution in [0.2, 0.25) is 0 Å². The van der Waals surface area contributed by atoms with E-state index in [4.69, 9.17) is 9.47 Å². The Bertz CT molecular complexity index is 1080. The van der Waals surface area contributed by atoms with Crippen LogP contribution in [0.15, 0.2) is 73.3 Å². The number of carbonyl (C=O) groups excluding carboxylic acids is 2. The van der Waals surface area contributed by atoms with Crippen LogP contribution in [-0.4, -0.2) is 11.9 Å². The van der Waals surface area contributed by atoms with Gasteiger partial charge >= 0.3 is 11.9 Å². The molecular weight excluding hydrogens is 400 g/mol. The van der Waals surface area contributed by atoms with E-state index in [9.17, 15) is 9.59 Å². The third-order valence-electron chi connectivity index (χ3n) is 5.07. The molecule has 0 radical (unpaired) electrons. The number of carbonyl (C=O) groups is 2. The maximum absolute atomic E-state index is 12.7. The van der Waals surface area contributed by atoms with Crippen molar-refractivity contribution in [1.29, 1.82) is 0 Å². The zero-order valence-corrected chi connectivity index (χ0v) is 18.6. The van der Waals surface area contributed by atoms with Gasteiger partial charge < -0.3 is 9.47 Å². The molecule has 0 N–H and O–H groups in total. The zero-order valence-electron chi connectivity index (χ0n) is 18.6. The lowest BCUT2D eigenvalue weighted by molar-refractivity contribution is 0.0720. The SMILES string of the molecule is C=Cc1cc(C(=O)Oc2ccc(CCC)cc2)ccc1C(=O)Oc1ccc(CCC)cc1. The summed E-state index contributed by atoms with van der Waals surface area (Å²) in [7, 11) is 0. The maximum Gasteiger partial charge on any atom is 0.344 e. The van der Waals surface area contributed by atoms with Crippen molar-refractivity contribution < 1.29 is 19.1 Å². The first-order chi connectivity index (χ1) is 15.5. The van der Waals surface area contributed by atoms with E-state index in [1.54, 1.807) is 42.5 Å². The van der Waals surface area contributed by atoms with Crippen LogP contribution < -0.4 is 9.47 Å². The molecule has 164 valence electrons. The highest BCUT2D eigenvalue weighted by atomic mass is 16.5. The van der Waals surface area contributed by atoms with Gasteiger partial charge in [-0.3, -0.25) is 0 Å². The molecule has 0 aliphatic heterocycles. The summed E-state index contributed by atoms with van der Waals surface area (Å²) in [6.07, 6.45) is 5.60. The molecule has 0 aliphatic rings. The molecule has 4 heteroatoms. The lowest BCUT2D eigenvalue weighted by Crippen LogP contribution is -2.13. The van der Waals surface area contributed by atoms with Crippen molar-refractivity contribution in [3.63, 3.8) is 0 Å². The predicted octanol–water partition coefficient (Wildman–Crippen LogP) is 6.67. The third kappa shape index (κ3) is 5.94. The zero-order chi connectivity index (χ0) is 22.9. The van der Waals surface area contributed by atoms with Gasteiger partial charge in [0, 0.05) is 0 Å². The summed E-state index contributed by atoms with van der Waals surface area (Å²) >= 11 is 0. The lowest BCUT2D eigenvalue weighted by atomic mass is 10.0. The molecule has 0 spiro atoms. The minimum atomic E-state index is -0.505. The van der Waals surface area contributed by atoms with E-state index in [1.807, 2.05) is 24.3 Å². The number of hydrogen-bond acceptors (Lipinski definition) is 4. The highest BCUT2D eigenvalue weighted by Crippen LogP contribution is 2.21. The molecule has 3 aromatic carbocycles. The number of esters is 2. The Balaban J connectivity index is 1.70. The van der Waals surface area contributed by atoms with Gasteiger partial charge in [0.1, 0.15) is 11.5 Å². The van der Waals surface area contributed by atoms with E-state index >= 15 is 0 Å². The highest BCUT2D eigenvalue weighted by molar-refractivity contribution is 5.98. The number of ether oxygens (including phenoxy) is 2. The Kier molecular flexibility index (Phi) is 7.98. The van der Waals surface area contributed by atoms with Crippen LogP contribution in [0, 0.1) is 0 Å². The Labute approximate surface area is 189 Å². The average Bonchev–Trinajstić information content (AvgIpc) is 2.81. The van der Waals surface area contributed by atoms with E-state index in [-0.39, 0.29) is 0 Å². The van der Waals surface area contributed by atoms with Gasteiger partial charge in [-0.15, -0.1) is 0 Å². The third-order valence-corrected chi connectivity index (χ3v) is 5.07. The minimum Gasteiger partial charge on any atom is -0.423 e. The van der Waals surface area contributed by atoms with Crippen molar-refractivity contribution in [1.82, 2.24) is 0 Å². The first kappa shape index (κ1) is 23.0. The van der Waals surface area contributed by atoms with Crippen molar-refractivity contribution in [2.45, 2.75) is 39.5 Å². The normalized spacial score (nSPS) is 10.4. The largest absolute Gasteiger partial charge is 0.423 e. The second-order valence-electron chi connectivity index (χ2n) is 7.57. The van der Waals surface area contributed by atoms with Gasteiger partial charge in [-0.25, -0.2) is 9.59 Å². The molecule has 0 amide bonds. The molecule has 0 fully saturated rings. The molecule has 0 aliphatic carbocycles. The standard InChI is InChI=1S/C28H28O4/c1-4-7-20-9-14-24(15-10-20)31-27(29)23-13-18-26(22(6-3)19-23)28(30)32-25-16-11-21(8-5-2)12-17-25/h6,9-19H,3-5,7-8H2,1-2H3. The second kappa shape index (κ2) is 11.1. The number of rotatable bonds is 9.